The Bertz CT molecular complexity index is 629. The summed E-state index contributed by atoms with van der Waals surface area (Å²) >= 11 is 0. The van der Waals surface area contributed by atoms with Crippen LogP contribution in [0.5, 0.6) is 0 Å². The summed E-state index contributed by atoms with van der Waals surface area (Å²) in [4.78, 5) is 23.4. The summed E-state index contributed by atoms with van der Waals surface area (Å²) < 4.78 is 5.11. The van der Waals surface area contributed by atoms with Crippen molar-refractivity contribution in [2.75, 3.05) is 26.2 Å². The molecule has 9 heteroatoms. The lowest BCUT2D eigenvalue weighted by Gasteiger charge is -2.21. The van der Waals surface area contributed by atoms with Gasteiger partial charge in [0, 0.05) is 38.0 Å². The molecule has 0 bridgehead atoms. The smallest absolute Gasteiger partial charge is 0.228 e. The highest BCUT2D eigenvalue weighted by Gasteiger charge is 2.32. The van der Waals surface area contributed by atoms with Gasteiger partial charge in [0.25, 0.3) is 0 Å². The van der Waals surface area contributed by atoms with E-state index < -0.39 is 0 Å². The van der Waals surface area contributed by atoms with Crippen LogP contribution in [0.4, 0.5) is 0 Å². The lowest BCUT2D eigenvalue weighted by atomic mass is 10.1. The zero-order valence-electron chi connectivity index (χ0n) is 16.2. The standard InChI is InChI=1S/C18H30N6O2.HI/c1-3-19-18(20-10-8-16-21-13(2)23-26-16)22-15-9-11-24(12-15)17(25)14-6-4-5-7-14;/h14-15H,3-12H2,1-2H3,(H2,19,20,22);1H. The third-order valence-electron chi connectivity index (χ3n) is 5.05. The van der Waals surface area contributed by atoms with Crippen LogP contribution in [-0.4, -0.2) is 59.1 Å². The fraction of sp³-hybridized carbons (Fsp3) is 0.778. The number of carbonyl (C=O) groups is 1. The van der Waals surface area contributed by atoms with Crippen LogP contribution in [0.1, 0.15) is 50.7 Å². The predicted octanol–water partition coefficient (Wildman–Crippen LogP) is 1.88. The first-order valence-corrected chi connectivity index (χ1v) is 9.78. The van der Waals surface area contributed by atoms with Gasteiger partial charge in [-0.05, 0) is 33.1 Å². The summed E-state index contributed by atoms with van der Waals surface area (Å²) in [6.07, 6.45) is 6.10. The Balaban J connectivity index is 0.00000261. The van der Waals surface area contributed by atoms with Gasteiger partial charge in [-0.1, -0.05) is 18.0 Å². The summed E-state index contributed by atoms with van der Waals surface area (Å²) in [5.41, 5.74) is 0. The number of likely N-dealkylation sites (tertiary alicyclic amines) is 1. The molecule has 1 saturated carbocycles. The third-order valence-corrected chi connectivity index (χ3v) is 5.05. The fourth-order valence-electron chi connectivity index (χ4n) is 3.73. The zero-order chi connectivity index (χ0) is 18.4. The first-order chi connectivity index (χ1) is 12.7. The molecule has 1 unspecified atom stereocenters. The number of aromatic nitrogens is 2. The highest BCUT2D eigenvalue weighted by atomic mass is 127. The molecule has 2 aliphatic rings. The minimum Gasteiger partial charge on any atom is -0.357 e. The number of nitrogens with one attached hydrogen (secondary N) is 2. The third kappa shape index (κ3) is 6.32. The van der Waals surface area contributed by atoms with E-state index in [0.29, 0.717) is 30.6 Å². The van der Waals surface area contributed by atoms with Gasteiger partial charge in [0.15, 0.2) is 11.8 Å². The molecule has 27 heavy (non-hydrogen) atoms. The summed E-state index contributed by atoms with van der Waals surface area (Å²) in [5.74, 6) is 2.64. The highest BCUT2D eigenvalue weighted by Crippen LogP contribution is 2.27. The Morgan fingerprint density at radius 3 is 2.78 bits per heavy atom. The number of carbonyl (C=O) groups excluding carboxylic acids is 1. The maximum absolute atomic E-state index is 12.6. The molecule has 2 heterocycles. The summed E-state index contributed by atoms with van der Waals surface area (Å²) in [6, 6.07) is 0.254. The summed E-state index contributed by atoms with van der Waals surface area (Å²) in [7, 11) is 0. The molecule has 0 radical (unpaired) electrons. The Kier molecular flexibility index (Phi) is 8.78. The van der Waals surface area contributed by atoms with Gasteiger partial charge >= 0.3 is 0 Å². The molecule has 1 aromatic heterocycles. The zero-order valence-corrected chi connectivity index (χ0v) is 18.6. The van der Waals surface area contributed by atoms with Crippen molar-refractivity contribution >= 4 is 35.8 Å². The average molecular weight is 490 g/mol. The van der Waals surface area contributed by atoms with Crippen molar-refractivity contribution in [3.63, 3.8) is 0 Å². The SMILES string of the molecule is CCNC(=NCCc1nc(C)no1)NC1CCN(C(=O)C2CCCC2)C1.I. The number of aryl methyl sites for hydroxylation is 1. The average Bonchev–Trinajstić information content (AvgIpc) is 3.36. The normalized spacial score (nSPS) is 20.6. The monoisotopic (exact) mass is 490 g/mol. The number of guanidine groups is 1. The van der Waals surface area contributed by atoms with Crippen LogP contribution >= 0.6 is 24.0 Å². The number of aliphatic imine (C=N–C) groups is 1. The number of amides is 1. The van der Waals surface area contributed by atoms with Crippen molar-refractivity contribution in [3.05, 3.63) is 11.7 Å². The molecular formula is C18H31IN6O2. The van der Waals surface area contributed by atoms with Crippen LogP contribution in [-0.2, 0) is 11.2 Å². The molecule has 152 valence electrons. The van der Waals surface area contributed by atoms with E-state index in [9.17, 15) is 4.79 Å². The minimum atomic E-state index is 0. The van der Waals surface area contributed by atoms with E-state index in [1.807, 2.05) is 11.8 Å². The molecule has 1 saturated heterocycles. The molecule has 1 aromatic rings. The van der Waals surface area contributed by atoms with E-state index >= 15 is 0 Å². The van der Waals surface area contributed by atoms with Crippen LogP contribution in [0.25, 0.3) is 0 Å². The van der Waals surface area contributed by atoms with Gasteiger partial charge in [0.2, 0.25) is 11.8 Å². The quantitative estimate of drug-likeness (QED) is 0.359. The fourth-order valence-corrected chi connectivity index (χ4v) is 3.73. The molecule has 2 N–H and O–H groups in total. The largest absolute Gasteiger partial charge is 0.357 e. The van der Waals surface area contributed by atoms with E-state index in [1.165, 1.54) is 12.8 Å². The van der Waals surface area contributed by atoms with Crippen LogP contribution in [0.2, 0.25) is 0 Å². The van der Waals surface area contributed by atoms with Crippen LogP contribution in [0.3, 0.4) is 0 Å². The van der Waals surface area contributed by atoms with Crippen LogP contribution in [0, 0.1) is 12.8 Å². The second-order valence-corrected chi connectivity index (χ2v) is 7.14. The molecule has 1 aliphatic heterocycles. The van der Waals surface area contributed by atoms with E-state index in [-0.39, 0.29) is 35.9 Å². The molecule has 0 aromatic carbocycles. The van der Waals surface area contributed by atoms with Gasteiger partial charge in [0.05, 0.1) is 6.54 Å². The molecule has 0 spiro atoms. The number of hydrogen-bond acceptors (Lipinski definition) is 5. The first kappa shape index (κ1) is 21.9. The topological polar surface area (TPSA) is 95.7 Å². The van der Waals surface area contributed by atoms with Crippen molar-refractivity contribution in [2.24, 2.45) is 10.9 Å². The molecule has 8 nitrogen and oxygen atoms in total. The first-order valence-electron chi connectivity index (χ1n) is 9.78. The van der Waals surface area contributed by atoms with Gasteiger partial charge in [-0.25, -0.2) is 0 Å². The van der Waals surface area contributed by atoms with Gasteiger partial charge in [-0.2, -0.15) is 4.98 Å². The van der Waals surface area contributed by atoms with Crippen LogP contribution < -0.4 is 10.6 Å². The molecule has 1 atom stereocenters. The molecule has 3 rings (SSSR count). The maximum atomic E-state index is 12.6. The maximum Gasteiger partial charge on any atom is 0.228 e. The van der Waals surface area contributed by atoms with Crippen molar-refractivity contribution < 1.29 is 9.32 Å². The summed E-state index contributed by atoms with van der Waals surface area (Å²) in [6.45, 7) is 6.83. The molecule has 1 amide bonds. The minimum absolute atomic E-state index is 0. The number of nitrogens with zero attached hydrogens (tertiary/aromatic N) is 4. The summed E-state index contributed by atoms with van der Waals surface area (Å²) in [5, 5.41) is 10.5. The number of rotatable bonds is 6. The van der Waals surface area contributed by atoms with Gasteiger partial charge < -0.3 is 20.1 Å². The lowest BCUT2D eigenvalue weighted by Crippen LogP contribution is -2.45. The number of hydrogen-bond donors (Lipinski definition) is 2. The van der Waals surface area contributed by atoms with Crippen molar-refractivity contribution in [3.8, 4) is 0 Å². The van der Waals surface area contributed by atoms with Gasteiger partial charge in [-0.15, -0.1) is 24.0 Å². The van der Waals surface area contributed by atoms with E-state index in [0.717, 1.165) is 44.9 Å². The van der Waals surface area contributed by atoms with Crippen molar-refractivity contribution in [2.45, 2.75) is 58.4 Å². The van der Waals surface area contributed by atoms with Crippen LogP contribution in [0.15, 0.2) is 9.52 Å². The van der Waals surface area contributed by atoms with Crippen molar-refractivity contribution in [1.29, 1.82) is 0 Å². The second kappa shape index (κ2) is 10.8. The van der Waals surface area contributed by atoms with E-state index in [2.05, 4.69) is 25.8 Å². The highest BCUT2D eigenvalue weighted by molar-refractivity contribution is 14.0. The lowest BCUT2D eigenvalue weighted by molar-refractivity contribution is -0.134. The van der Waals surface area contributed by atoms with Crippen molar-refractivity contribution in [1.82, 2.24) is 25.7 Å². The molecular weight excluding hydrogens is 459 g/mol. The Morgan fingerprint density at radius 2 is 2.11 bits per heavy atom. The number of halogens is 1. The van der Waals surface area contributed by atoms with E-state index in [1.54, 1.807) is 6.92 Å². The molecule has 2 fully saturated rings. The molecule has 1 aliphatic carbocycles. The predicted molar refractivity (Wildman–Crippen MR) is 114 cm³/mol. The van der Waals surface area contributed by atoms with E-state index in [4.69, 9.17) is 4.52 Å². The Labute approximate surface area is 178 Å². The second-order valence-electron chi connectivity index (χ2n) is 7.14. The van der Waals surface area contributed by atoms with Gasteiger partial charge in [0.1, 0.15) is 0 Å². The Hall–Kier alpha value is -1.39. The Morgan fingerprint density at radius 1 is 1.33 bits per heavy atom. The van der Waals surface area contributed by atoms with Gasteiger partial charge in [-0.3, -0.25) is 9.79 Å².